The van der Waals surface area contributed by atoms with Gasteiger partial charge in [0.15, 0.2) is 0 Å². The number of ether oxygens (including phenoxy) is 1. The third-order valence-corrected chi connectivity index (χ3v) is 3.28. The maximum Gasteiger partial charge on any atom is 0.330 e. The van der Waals surface area contributed by atoms with Crippen LogP contribution in [0.3, 0.4) is 0 Å². The summed E-state index contributed by atoms with van der Waals surface area (Å²) in [5.41, 5.74) is -0.651. The highest BCUT2D eigenvalue weighted by Crippen LogP contribution is 2.33. The Morgan fingerprint density at radius 3 is 2.72 bits per heavy atom. The van der Waals surface area contributed by atoms with Crippen molar-refractivity contribution < 1.29 is 14.9 Å². The van der Waals surface area contributed by atoms with Gasteiger partial charge in [0, 0.05) is 17.7 Å². The second-order valence-corrected chi connectivity index (χ2v) is 4.58. The largest absolute Gasteiger partial charge is 0.394 e. The second-order valence-electron chi connectivity index (χ2n) is 4.58. The van der Waals surface area contributed by atoms with Crippen molar-refractivity contribution in [3.63, 3.8) is 0 Å². The summed E-state index contributed by atoms with van der Waals surface area (Å²) >= 11 is 0. The number of hydrogen-bond acceptors (Lipinski definition) is 5. The zero-order valence-electron chi connectivity index (χ0n) is 10.2. The number of rotatable bonds is 2. The number of aromatic nitrogens is 2. The molecule has 4 atom stereocenters. The molecule has 2 rings (SSSR count). The first kappa shape index (κ1) is 13.0. The number of nitrogens with one attached hydrogen (secondary N) is 1. The fraction of sp³-hybridized carbons (Fsp3) is 0.636. The SMILES string of the molecule is Cc1cn([C@@H]2O[C@H](CO)[C@H](O)[C@H]2C)c(=O)[nH]c1=O. The van der Waals surface area contributed by atoms with E-state index >= 15 is 0 Å². The van der Waals surface area contributed by atoms with Crippen LogP contribution in [0.1, 0.15) is 18.7 Å². The van der Waals surface area contributed by atoms with Crippen molar-refractivity contribution in [3.05, 3.63) is 32.6 Å². The van der Waals surface area contributed by atoms with E-state index in [0.29, 0.717) is 5.56 Å². The molecule has 2 heterocycles. The van der Waals surface area contributed by atoms with Crippen LogP contribution in [-0.4, -0.2) is 38.6 Å². The Bertz CT molecular complexity index is 549. The van der Waals surface area contributed by atoms with Gasteiger partial charge in [0.1, 0.15) is 12.3 Å². The molecule has 0 amide bonds. The molecular formula is C11H16N2O5. The maximum absolute atomic E-state index is 11.7. The van der Waals surface area contributed by atoms with Gasteiger partial charge in [-0.3, -0.25) is 14.3 Å². The van der Waals surface area contributed by atoms with Crippen LogP contribution in [0.25, 0.3) is 0 Å². The summed E-state index contributed by atoms with van der Waals surface area (Å²) in [6, 6.07) is 0. The first-order valence-corrected chi connectivity index (χ1v) is 5.72. The number of aliphatic hydroxyl groups is 2. The molecular weight excluding hydrogens is 240 g/mol. The number of aryl methyl sites for hydroxylation is 1. The van der Waals surface area contributed by atoms with Gasteiger partial charge in [-0.15, -0.1) is 0 Å². The minimum absolute atomic E-state index is 0.320. The number of H-pyrrole nitrogens is 1. The summed E-state index contributed by atoms with van der Waals surface area (Å²) < 4.78 is 6.67. The summed E-state index contributed by atoms with van der Waals surface area (Å²) in [7, 11) is 0. The van der Waals surface area contributed by atoms with E-state index in [4.69, 9.17) is 9.84 Å². The lowest BCUT2D eigenvalue weighted by Crippen LogP contribution is -2.35. The predicted molar refractivity (Wildman–Crippen MR) is 62.2 cm³/mol. The molecule has 100 valence electrons. The number of aliphatic hydroxyl groups excluding tert-OH is 2. The minimum Gasteiger partial charge on any atom is -0.394 e. The Morgan fingerprint density at radius 1 is 1.50 bits per heavy atom. The van der Waals surface area contributed by atoms with E-state index in [2.05, 4.69) is 4.98 Å². The molecule has 0 bridgehead atoms. The molecule has 0 aliphatic carbocycles. The quantitative estimate of drug-likeness (QED) is 0.612. The van der Waals surface area contributed by atoms with Crippen molar-refractivity contribution in [2.24, 2.45) is 5.92 Å². The highest BCUT2D eigenvalue weighted by atomic mass is 16.5. The number of aromatic amines is 1. The highest BCUT2D eigenvalue weighted by Gasteiger charge is 2.41. The second kappa shape index (κ2) is 4.68. The van der Waals surface area contributed by atoms with Gasteiger partial charge in [-0.05, 0) is 6.92 Å². The van der Waals surface area contributed by atoms with E-state index in [1.165, 1.54) is 10.8 Å². The van der Waals surface area contributed by atoms with Crippen molar-refractivity contribution in [1.29, 1.82) is 0 Å². The van der Waals surface area contributed by atoms with Gasteiger partial charge in [-0.1, -0.05) is 6.92 Å². The molecule has 1 saturated heterocycles. The molecule has 1 aromatic rings. The van der Waals surface area contributed by atoms with Crippen molar-refractivity contribution in [1.82, 2.24) is 9.55 Å². The van der Waals surface area contributed by atoms with Crippen LogP contribution in [0, 0.1) is 12.8 Å². The Balaban J connectivity index is 2.42. The van der Waals surface area contributed by atoms with Gasteiger partial charge in [0.2, 0.25) is 0 Å². The molecule has 1 aliphatic heterocycles. The van der Waals surface area contributed by atoms with Gasteiger partial charge < -0.3 is 14.9 Å². The van der Waals surface area contributed by atoms with Gasteiger partial charge in [-0.2, -0.15) is 0 Å². The molecule has 0 unspecified atom stereocenters. The summed E-state index contributed by atoms with van der Waals surface area (Å²) in [5.74, 6) is -0.356. The Labute approximate surface area is 103 Å². The normalized spacial score (nSPS) is 31.8. The van der Waals surface area contributed by atoms with Gasteiger partial charge in [-0.25, -0.2) is 4.79 Å². The average Bonchev–Trinajstić information content (AvgIpc) is 2.61. The predicted octanol–water partition coefficient (Wildman–Crippen LogP) is -1.27. The van der Waals surface area contributed by atoms with Crippen LogP contribution in [0.15, 0.2) is 15.8 Å². The van der Waals surface area contributed by atoms with Crippen molar-refractivity contribution in [2.75, 3.05) is 6.61 Å². The van der Waals surface area contributed by atoms with E-state index in [-0.39, 0.29) is 12.5 Å². The van der Waals surface area contributed by atoms with Crippen LogP contribution in [0.5, 0.6) is 0 Å². The molecule has 0 radical (unpaired) electrons. The van der Waals surface area contributed by atoms with Gasteiger partial charge >= 0.3 is 5.69 Å². The maximum atomic E-state index is 11.7. The van der Waals surface area contributed by atoms with E-state index in [1.807, 2.05) is 0 Å². The molecule has 3 N–H and O–H groups in total. The van der Waals surface area contributed by atoms with Crippen molar-refractivity contribution in [3.8, 4) is 0 Å². The number of nitrogens with zero attached hydrogens (tertiary/aromatic N) is 1. The molecule has 0 aromatic carbocycles. The Kier molecular flexibility index (Phi) is 3.38. The lowest BCUT2D eigenvalue weighted by atomic mass is 10.0. The average molecular weight is 256 g/mol. The summed E-state index contributed by atoms with van der Waals surface area (Å²) in [5, 5.41) is 18.9. The molecule has 0 saturated carbocycles. The molecule has 18 heavy (non-hydrogen) atoms. The lowest BCUT2D eigenvalue weighted by molar-refractivity contribution is -0.0477. The zero-order valence-corrected chi connectivity index (χ0v) is 10.2. The third-order valence-electron chi connectivity index (χ3n) is 3.28. The smallest absolute Gasteiger partial charge is 0.330 e. The zero-order chi connectivity index (χ0) is 13.4. The third kappa shape index (κ3) is 2.00. The first-order chi connectivity index (χ1) is 8.45. The fourth-order valence-corrected chi connectivity index (χ4v) is 2.14. The molecule has 7 nitrogen and oxygen atoms in total. The summed E-state index contributed by atoms with van der Waals surface area (Å²) in [6.07, 6.45) is -0.863. The van der Waals surface area contributed by atoms with Crippen molar-refractivity contribution >= 4 is 0 Å². The first-order valence-electron chi connectivity index (χ1n) is 5.72. The molecule has 1 fully saturated rings. The Hall–Kier alpha value is -1.44. The van der Waals surface area contributed by atoms with E-state index < -0.39 is 29.7 Å². The van der Waals surface area contributed by atoms with Gasteiger partial charge in [0.05, 0.1) is 12.7 Å². The van der Waals surface area contributed by atoms with Crippen molar-refractivity contribution in [2.45, 2.75) is 32.3 Å². The van der Waals surface area contributed by atoms with E-state index in [9.17, 15) is 14.7 Å². The standard InChI is InChI=1S/C11H16N2O5/c1-5-3-13(11(17)12-9(5)16)10-6(2)8(15)7(4-14)18-10/h3,6-8,10,14-15H,4H2,1-2H3,(H,12,16,17)/t6-,7-,8-,10-/m1/s1. The van der Waals surface area contributed by atoms with Crippen LogP contribution >= 0.6 is 0 Å². The molecule has 1 aromatic heterocycles. The number of hydrogen-bond donors (Lipinski definition) is 3. The van der Waals surface area contributed by atoms with E-state index in [0.717, 1.165) is 0 Å². The summed E-state index contributed by atoms with van der Waals surface area (Å²) in [6.45, 7) is 2.98. The Morgan fingerprint density at radius 2 is 2.17 bits per heavy atom. The van der Waals surface area contributed by atoms with E-state index in [1.54, 1.807) is 13.8 Å². The van der Waals surface area contributed by atoms with Crippen LogP contribution in [0.2, 0.25) is 0 Å². The van der Waals surface area contributed by atoms with Crippen LogP contribution in [0.4, 0.5) is 0 Å². The topological polar surface area (TPSA) is 105 Å². The molecule has 7 heteroatoms. The molecule has 1 aliphatic rings. The van der Waals surface area contributed by atoms with Crippen LogP contribution < -0.4 is 11.2 Å². The highest BCUT2D eigenvalue weighted by molar-refractivity contribution is 5.02. The summed E-state index contributed by atoms with van der Waals surface area (Å²) in [4.78, 5) is 25.2. The monoisotopic (exact) mass is 256 g/mol. The lowest BCUT2D eigenvalue weighted by Gasteiger charge is -2.18. The van der Waals surface area contributed by atoms with Crippen LogP contribution in [-0.2, 0) is 4.74 Å². The van der Waals surface area contributed by atoms with Gasteiger partial charge in [0.25, 0.3) is 5.56 Å². The minimum atomic E-state index is -0.848. The molecule has 0 spiro atoms. The fourth-order valence-electron chi connectivity index (χ4n) is 2.14.